The number of carbonyl (C=O) groups excluding carboxylic acids is 2. The van der Waals surface area contributed by atoms with Gasteiger partial charge in [0.25, 0.3) is 0 Å². The van der Waals surface area contributed by atoms with Gasteiger partial charge in [-0.15, -0.1) is 0 Å². The van der Waals surface area contributed by atoms with Crippen LogP contribution in [0, 0.1) is 5.82 Å². The van der Waals surface area contributed by atoms with E-state index in [4.69, 9.17) is 9.47 Å². The summed E-state index contributed by atoms with van der Waals surface area (Å²) in [6.07, 6.45) is 0.507. The molecule has 0 aromatic heterocycles. The van der Waals surface area contributed by atoms with Crippen LogP contribution in [0.1, 0.15) is 33.2 Å². The molecule has 4 nitrogen and oxygen atoms in total. The first-order valence-corrected chi connectivity index (χ1v) is 7.29. The monoisotopic (exact) mass is 316 g/mol. The Hall–Kier alpha value is -2.69. The molecule has 0 amide bonds. The van der Waals surface area contributed by atoms with Gasteiger partial charge in [0.05, 0.1) is 24.3 Å². The molecule has 2 rings (SSSR count). The summed E-state index contributed by atoms with van der Waals surface area (Å²) in [7, 11) is 0. The van der Waals surface area contributed by atoms with Crippen molar-refractivity contribution in [3.63, 3.8) is 0 Å². The van der Waals surface area contributed by atoms with E-state index in [1.165, 1.54) is 36.4 Å². The Balaban J connectivity index is 1.85. The highest BCUT2D eigenvalue weighted by molar-refractivity contribution is 5.93. The van der Waals surface area contributed by atoms with Crippen molar-refractivity contribution >= 4 is 11.9 Å². The number of hydrogen-bond acceptors (Lipinski definition) is 4. The lowest BCUT2D eigenvalue weighted by Gasteiger charge is -2.06. The van der Waals surface area contributed by atoms with Gasteiger partial charge in [-0.2, -0.15) is 0 Å². The lowest BCUT2D eigenvalue weighted by molar-refractivity contribution is 0.0500. The summed E-state index contributed by atoms with van der Waals surface area (Å²) >= 11 is 0. The van der Waals surface area contributed by atoms with Crippen LogP contribution in [0.4, 0.5) is 4.39 Å². The molecule has 0 aliphatic heterocycles. The van der Waals surface area contributed by atoms with Crippen LogP contribution < -0.4 is 0 Å². The number of esters is 2. The van der Waals surface area contributed by atoms with E-state index in [1.807, 2.05) is 0 Å². The second kappa shape index (κ2) is 8.08. The van der Waals surface area contributed by atoms with Crippen LogP contribution in [0.3, 0.4) is 0 Å². The summed E-state index contributed by atoms with van der Waals surface area (Å²) in [6.45, 7) is 2.22. The van der Waals surface area contributed by atoms with Gasteiger partial charge >= 0.3 is 11.9 Å². The summed E-state index contributed by atoms with van der Waals surface area (Å²) < 4.78 is 22.8. The molecule has 0 bridgehead atoms. The van der Waals surface area contributed by atoms with Crippen LogP contribution in [0.15, 0.2) is 48.5 Å². The fourth-order valence-electron chi connectivity index (χ4n) is 1.95. The zero-order valence-corrected chi connectivity index (χ0v) is 12.8. The van der Waals surface area contributed by atoms with Crippen molar-refractivity contribution < 1.29 is 23.5 Å². The molecule has 23 heavy (non-hydrogen) atoms. The normalized spacial score (nSPS) is 10.2. The molecule has 0 heterocycles. The first kappa shape index (κ1) is 16.7. The van der Waals surface area contributed by atoms with E-state index < -0.39 is 11.9 Å². The van der Waals surface area contributed by atoms with E-state index in [-0.39, 0.29) is 12.4 Å². The van der Waals surface area contributed by atoms with Crippen molar-refractivity contribution in [3.8, 4) is 0 Å². The van der Waals surface area contributed by atoms with Crippen molar-refractivity contribution in [2.24, 2.45) is 0 Å². The van der Waals surface area contributed by atoms with Crippen LogP contribution in [-0.4, -0.2) is 25.2 Å². The first-order chi connectivity index (χ1) is 11.1. The predicted molar refractivity (Wildman–Crippen MR) is 82.8 cm³/mol. The van der Waals surface area contributed by atoms with Gasteiger partial charge in [0.2, 0.25) is 0 Å². The Morgan fingerprint density at radius 2 is 1.39 bits per heavy atom. The van der Waals surface area contributed by atoms with Crippen LogP contribution in [-0.2, 0) is 15.9 Å². The van der Waals surface area contributed by atoms with Gasteiger partial charge in [-0.1, -0.05) is 12.1 Å². The molecule has 0 atom stereocenters. The Bertz CT molecular complexity index is 662. The summed E-state index contributed by atoms with van der Waals surface area (Å²) in [4.78, 5) is 23.4. The molecule has 0 N–H and O–H groups in total. The second-order valence-electron chi connectivity index (χ2n) is 4.81. The molecule has 0 saturated carbocycles. The smallest absolute Gasteiger partial charge is 0.338 e. The average Bonchev–Trinajstić information content (AvgIpc) is 2.57. The Kier molecular flexibility index (Phi) is 5.86. The molecule has 0 unspecified atom stereocenters. The van der Waals surface area contributed by atoms with Gasteiger partial charge in [-0.25, -0.2) is 14.0 Å². The van der Waals surface area contributed by atoms with E-state index in [1.54, 1.807) is 19.1 Å². The third-order valence-corrected chi connectivity index (χ3v) is 3.17. The van der Waals surface area contributed by atoms with Crippen molar-refractivity contribution in [3.05, 3.63) is 71.0 Å². The van der Waals surface area contributed by atoms with Crippen molar-refractivity contribution in [2.75, 3.05) is 13.2 Å². The highest BCUT2D eigenvalue weighted by Gasteiger charge is 2.10. The summed E-state index contributed by atoms with van der Waals surface area (Å²) in [5.41, 5.74) is 1.63. The Labute approximate surface area is 133 Å². The molecule has 0 fully saturated rings. The quantitative estimate of drug-likeness (QED) is 0.767. The van der Waals surface area contributed by atoms with Crippen LogP contribution in [0.25, 0.3) is 0 Å². The maximum absolute atomic E-state index is 12.8. The van der Waals surface area contributed by atoms with Gasteiger partial charge in [-0.05, 0) is 48.9 Å². The summed E-state index contributed by atoms with van der Waals surface area (Å²) in [5, 5.41) is 0. The number of ether oxygens (including phenoxy) is 2. The molecular weight excluding hydrogens is 299 g/mol. The molecular formula is C18H17FO4. The third-order valence-electron chi connectivity index (χ3n) is 3.17. The first-order valence-electron chi connectivity index (χ1n) is 7.29. The molecule has 2 aromatic carbocycles. The maximum atomic E-state index is 12.8. The molecule has 2 aromatic rings. The third kappa shape index (κ3) is 4.92. The molecule has 0 spiro atoms. The SMILES string of the molecule is CCOC(=O)c1ccc(C(=O)OCCc2ccc(F)cc2)cc1. The topological polar surface area (TPSA) is 52.6 Å². The minimum absolute atomic E-state index is 0.199. The van der Waals surface area contributed by atoms with Crippen LogP contribution in [0.2, 0.25) is 0 Å². The van der Waals surface area contributed by atoms with Gasteiger partial charge in [-0.3, -0.25) is 0 Å². The standard InChI is InChI=1S/C18H17FO4/c1-2-22-17(20)14-5-7-15(8-6-14)18(21)23-12-11-13-3-9-16(19)10-4-13/h3-10H,2,11-12H2,1H3. The van der Waals surface area contributed by atoms with Gasteiger partial charge in [0.15, 0.2) is 0 Å². The minimum atomic E-state index is -0.470. The van der Waals surface area contributed by atoms with Crippen LogP contribution >= 0.6 is 0 Å². The van der Waals surface area contributed by atoms with E-state index in [0.29, 0.717) is 24.2 Å². The van der Waals surface area contributed by atoms with Crippen molar-refractivity contribution in [1.82, 2.24) is 0 Å². The van der Waals surface area contributed by atoms with Gasteiger partial charge in [0.1, 0.15) is 5.82 Å². The molecule has 0 radical (unpaired) electrons. The second-order valence-corrected chi connectivity index (χ2v) is 4.81. The number of carbonyl (C=O) groups is 2. The summed E-state index contributed by atoms with van der Waals surface area (Å²) in [5.74, 6) is -1.20. The van der Waals surface area contributed by atoms with Crippen molar-refractivity contribution in [1.29, 1.82) is 0 Å². The van der Waals surface area contributed by atoms with E-state index in [9.17, 15) is 14.0 Å². The van der Waals surface area contributed by atoms with Crippen molar-refractivity contribution in [2.45, 2.75) is 13.3 Å². The number of hydrogen-bond donors (Lipinski definition) is 0. The Morgan fingerprint density at radius 1 is 0.870 bits per heavy atom. The molecule has 0 aliphatic carbocycles. The molecule has 0 aliphatic rings. The van der Waals surface area contributed by atoms with Crippen LogP contribution in [0.5, 0.6) is 0 Å². The Morgan fingerprint density at radius 3 is 1.91 bits per heavy atom. The average molecular weight is 316 g/mol. The fourth-order valence-corrected chi connectivity index (χ4v) is 1.95. The number of rotatable bonds is 6. The van der Waals surface area contributed by atoms with E-state index >= 15 is 0 Å². The predicted octanol–water partition coefficient (Wildman–Crippen LogP) is 3.40. The largest absolute Gasteiger partial charge is 0.462 e. The van der Waals surface area contributed by atoms with Gasteiger partial charge < -0.3 is 9.47 Å². The minimum Gasteiger partial charge on any atom is -0.462 e. The molecule has 5 heteroatoms. The van der Waals surface area contributed by atoms with E-state index in [0.717, 1.165) is 5.56 Å². The highest BCUT2D eigenvalue weighted by atomic mass is 19.1. The van der Waals surface area contributed by atoms with Gasteiger partial charge in [0, 0.05) is 6.42 Å². The van der Waals surface area contributed by atoms with E-state index in [2.05, 4.69) is 0 Å². The molecule has 120 valence electrons. The number of benzene rings is 2. The fraction of sp³-hybridized carbons (Fsp3) is 0.222. The summed E-state index contributed by atoms with van der Waals surface area (Å²) in [6, 6.07) is 12.1. The molecule has 0 saturated heterocycles. The zero-order valence-electron chi connectivity index (χ0n) is 12.8. The maximum Gasteiger partial charge on any atom is 0.338 e. The lowest BCUT2D eigenvalue weighted by Crippen LogP contribution is -2.09. The number of halogens is 1. The highest BCUT2D eigenvalue weighted by Crippen LogP contribution is 2.09. The zero-order chi connectivity index (χ0) is 16.7. The lowest BCUT2D eigenvalue weighted by atomic mass is 10.1.